The van der Waals surface area contributed by atoms with Crippen molar-refractivity contribution in [2.75, 3.05) is 19.6 Å². The van der Waals surface area contributed by atoms with Gasteiger partial charge in [-0.3, -0.25) is 4.90 Å². The molecule has 1 aliphatic heterocycles. The molecule has 0 radical (unpaired) electrons. The number of aliphatic imine (C=N–C) groups is 1. The molecule has 0 aromatic carbocycles. The summed E-state index contributed by atoms with van der Waals surface area (Å²) in [5.74, 6) is 2.70. The van der Waals surface area contributed by atoms with Gasteiger partial charge in [-0.25, -0.2) is 4.99 Å². The number of likely N-dealkylation sites (N-methyl/N-ethyl adjacent to an activating group) is 1. The SMILES string of the molecule is CCCCCC(C)NC(=NCc1nnc(C)n1C)NCC1CCCN1CC. The van der Waals surface area contributed by atoms with Crippen molar-refractivity contribution < 1.29 is 0 Å². The fourth-order valence-electron chi connectivity index (χ4n) is 3.65. The third-order valence-corrected chi connectivity index (χ3v) is 5.60. The van der Waals surface area contributed by atoms with Gasteiger partial charge >= 0.3 is 0 Å². The van der Waals surface area contributed by atoms with Crippen LogP contribution < -0.4 is 10.6 Å². The van der Waals surface area contributed by atoms with Crippen molar-refractivity contribution in [2.45, 2.75) is 84.8 Å². The molecule has 7 nitrogen and oxygen atoms in total. The average molecular weight is 378 g/mol. The Hall–Kier alpha value is -1.63. The molecule has 2 heterocycles. The third-order valence-electron chi connectivity index (χ3n) is 5.60. The molecule has 2 atom stereocenters. The van der Waals surface area contributed by atoms with Crippen LogP contribution >= 0.6 is 0 Å². The predicted molar refractivity (Wildman–Crippen MR) is 112 cm³/mol. The van der Waals surface area contributed by atoms with Crippen LogP contribution in [-0.2, 0) is 13.6 Å². The van der Waals surface area contributed by atoms with Gasteiger partial charge in [-0.1, -0.05) is 33.1 Å². The van der Waals surface area contributed by atoms with Gasteiger partial charge in [0.05, 0.1) is 0 Å². The molecule has 27 heavy (non-hydrogen) atoms. The second-order valence-corrected chi connectivity index (χ2v) is 7.73. The van der Waals surface area contributed by atoms with Crippen LogP contribution in [0.3, 0.4) is 0 Å². The van der Waals surface area contributed by atoms with Gasteiger partial charge in [0.25, 0.3) is 0 Å². The van der Waals surface area contributed by atoms with E-state index in [2.05, 4.69) is 46.5 Å². The Balaban J connectivity index is 1.96. The largest absolute Gasteiger partial charge is 0.355 e. The summed E-state index contributed by atoms with van der Waals surface area (Å²) >= 11 is 0. The summed E-state index contributed by atoms with van der Waals surface area (Å²) < 4.78 is 2.00. The van der Waals surface area contributed by atoms with Gasteiger partial charge in [0.1, 0.15) is 12.4 Å². The second kappa shape index (κ2) is 11.3. The molecule has 0 bridgehead atoms. The molecular formula is C20H39N7. The molecule has 0 spiro atoms. The zero-order valence-electron chi connectivity index (χ0n) is 18.0. The number of aryl methyl sites for hydroxylation is 1. The van der Waals surface area contributed by atoms with Crippen molar-refractivity contribution in [1.82, 2.24) is 30.3 Å². The number of hydrogen-bond acceptors (Lipinski definition) is 4. The molecule has 1 aromatic rings. The number of unbranched alkanes of at least 4 members (excludes halogenated alkanes) is 2. The van der Waals surface area contributed by atoms with Crippen LogP contribution in [-0.4, -0.2) is 57.3 Å². The molecule has 2 rings (SSSR count). The normalized spacial score (nSPS) is 19.4. The smallest absolute Gasteiger partial charge is 0.191 e. The van der Waals surface area contributed by atoms with E-state index in [1.807, 2.05) is 18.5 Å². The third kappa shape index (κ3) is 6.79. The number of nitrogens with zero attached hydrogens (tertiary/aromatic N) is 5. The van der Waals surface area contributed by atoms with Gasteiger partial charge in [0.2, 0.25) is 0 Å². The maximum Gasteiger partial charge on any atom is 0.191 e. The van der Waals surface area contributed by atoms with Gasteiger partial charge in [-0.15, -0.1) is 10.2 Å². The van der Waals surface area contributed by atoms with Crippen LogP contribution in [0.15, 0.2) is 4.99 Å². The maximum atomic E-state index is 4.80. The zero-order valence-corrected chi connectivity index (χ0v) is 18.0. The van der Waals surface area contributed by atoms with Gasteiger partial charge in [0.15, 0.2) is 11.8 Å². The molecule has 154 valence electrons. The Morgan fingerprint density at radius 2 is 2.11 bits per heavy atom. The highest BCUT2D eigenvalue weighted by Crippen LogP contribution is 2.15. The topological polar surface area (TPSA) is 70.4 Å². The first-order valence-electron chi connectivity index (χ1n) is 10.7. The van der Waals surface area contributed by atoms with Crippen molar-refractivity contribution >= 4 is 5.96 Å². The van der Waals surface area contributed by atoms with Crippen LogP contribution in [0.5, 0.6) is 0 Å². The summed E-state index contributed by atoms with van der Waals surface area (Å²) in [5.41, 5.74) is 0. The highest BCUT2D eigenvalue weighted by atomic mass is 15.3. The zero-order chi connectivity index (χ0) is 19.6. The van der Waals surface area contributed by atoms with Crippen molar-refractivity contribution in [1.29, 1.82) is 0 Å². The number of nitrogens with one attached hydrogen (secondary N) is 2. The van der Waals surface area contributed by atoms with Gasteiger partial charge in [0, 0.05) is 25.7 Å². The van der Waals surface area contributed by atoms with E-state index in [1.165, 1.54) is 45.1 Å². The van der Waals surface area contributed by atoms with E-state index < -0.39 is 0 Å². The summed E-state index contributed by atoms with van der Waals surface area (Å²) in [6, 6.07) is 1.02. The number of guanidine groups is 1. The van der Waals surface area contributed by atoms with E-state index in [4.69, 9.17) is 4.99 Å². The molecule has 2 N–H and O–H groups in total. The molecular weight excluding hydrogens is 338 g/mol. The Kier molecular flexibility index (Phi) is 9.04. The van der Waals surface area contributed by atoms with Crippen LogP contribution in [0, 0.1) is 6.92 Å². The molecule has 0 amide bonds. The fourth-order valence-corrected chi connectivity index (χ4v) is 3.65. The number of aromatic nitrogens is 3. The summed E-state index contributed by atoms with van der Waals surface area (Å²) in [6.45, 7) is 12.5. The molecule has 2 unspecified atom stereocenters. The van der Waals surface area contributed by atoms with E-state index >= 15 is 0 Å². The Labute approximate surface area is 165 Å². The summed E-state index contributed by atoms with van der Waals surface area (Å²) in [4.78, 5) is 7.36. The van der Waals surface area contributed by atoms with Crippen LogP contribution in [0.1, 0.15) is 70.9 Å². The number of likely N-dealkylation sites (tertiary alicyclic amines) is 1. The Morgan fingerprint density at radius 3 is 2.78 bits per heavy atom. The van der Waals surface area contributed by atoms with Crippen LogP contribution in [0.25, 0.3) is 0 Å². The molecule has 1 aromatic heterocycles. The lowest BCUT2D eigenvalue weighted by Gasteiger charge is -2.25. The first-order chi connectivity index (χ1) is 13.0. The molecule has 1 aliphatic rings. The molecule has 0 saturated carbocycles. The lowest BCUT2D eigenvalue weighted by molar-refractivity contribution is 0.266. The lowest BCUT2D eigenvalue weighted by atomic mass is 10.1. The van der Waals surface area contributed by atoms with Gasteiger partial charge < -0.3 is 15.2 Å². The van der Waals surface area contributed by atoms with Gasteiger partial charge in [-0.2, -0.15) is 0 Å². The quantitative estimate of drug-likeness (QED) is 0.373. The average Bonchev–Trinajstić information content (AvgIpc) is 3.24. The Morgan fingerprint density at radius 1 is 1.30 bits per heavy atom. The standard InChI is InChI=1S/C20H39N7/c1-6-8-9-11-16(3)23-20(21-14-18-12-10-13-27(18)7-2)22-15-19-25-24-17(4)26(19)5/h16,18H,6-15H2,1-5H3,(H2,21,22,23). The van der Waals surface area contributed by atoms with E-state index in [9.17, 15) is 0 Å². The minimum Gasteiger partial charge on any atom is -0.355 e. The molecule has 1 fully saturated rings. The van der Waals surface area contributed by atoms with Crippen LogP contribution in [0.4, 0.5) is 0 Å². The number of hydrogen-bond donors (Lipinski definition) is 2. The molecule has 7 heteroatoms. The minimum absolute atomic E-state index is 0.412. The molecule has 1 saturated heterocycles. The summed E-state index contributed by atoms with van der Waals surface area (Å²) in [6.07, 6.45) is 7.53. The summed E-state index contributed by atoms with van der Waals surface area (Å²) in [5, 5.41) is 15.5. The lowest BCUT2D eigenvalue weighted by Crippen LogP contribution is -2.47. The highest BCUT2D eigenvalue weighted by molar-refractivity contribution is 5.80. The maximum absolute atomic E-state index is 4.80. The van der Waals surface area contributed by atoms with Crippen molar-refractivity contribution in [2.24, 2.45) is 12.0 Å². The van der Waals surface area contributed by atoms with Gasteiger partial charge in [-0.05, 0) is 46.2 Å². The van der Waals surface area contributed by atoms with Crippen molar-refractivity contribution in [3.05, 3.63) is 11.6 Å². The van der Waals surface area contributed by atoms with Crippen LogP contribution in [0.2, 0.25) is 0 Å². The van der Waals surface area contributed by atoms with E-state index in [0.29, 0.717) is 18.6 Å². The minimum atomic E-state index is 0.412. The van der Waals surface area contributed by atoms with E-state index in [1.54, 1.807) is 0 Å². The number of rotatable bonds is 10. The Bertz CT molecular complexity index is 581. The first-order valence-corrected chi connectivity index (χ1v) is 10.7. The molecule has 0 aliphatic carbocycles. The summed E-state index contributed by atoms with van der Waals surface area (Å²) in [7, 11) is 1.99. The van der Waals surface area contributed by atoms with Crippen molar-refractivity contribution in [3.63, 3.8) is 0 Å². The van der Waals surface area contributed by atoms with Crippen molar-refractivity contribution in [3.8, 4) is 0 Å². The second-order valence-electron chi connectivity index (χ2n) is 7.73. The first kappa shape index (κ1) is 21.7. The highest BCUT2D eigenvalue weighted by Gasteiger charge is 2.23. The fraction of sp³-hybridized carbons (Fsp3) is 0.850. The van der Waals surface area contributed by atoms with E-state index in [0.717, 1.165) is 30.7 Å². The predicted octanol–water partition coefficient (Wildman–Crippen LogP) is 2.61. The monoisotopic (exact) mass is 377 g/mol. The van der Waals surface area contributed by atoms with E-state index in [-0.39, 0.29) is 0 Å².